The highest BCUT2D eigenvalue weighted by molar-refractivity contribution is 5.68. The van der Waals surface area contributed by atoms with Crippen LogP contribution >= 0.6 is 0 Å². The van der Waals surface area contributed by atoms with E-state index in [0.29, 0.717) is 0 Å². The molecule has 0 amide bonds. The average Bonchev–Trinajstić information content (AvgIpc) is 2.37. The van der Waals surface area contributed by atoms with Crippen molar-refractivity contribution < 1.29 is 4.74 Å². The maximum Gasteiger partial charge on any atom is 0.120 e. The maximum atomic E-state index is 5.30. The predicted molar refractivity (Wildman–Crippen MR) is 75.9 cm³/mol. The van der Waals surface area contributed by atoms with Crippen LogP contribution in [-0.4, -0.2) is 20.2 Å². The molecular formula is C15H23NO. The molecule has 0 radical (unpaired) electrons. The van der Waals surface area contributed by atoms with E-state index in [2.05, 4.69) is 37.5 Å². The van der Waals surface area contributed by atoms with E-state index in [1.807, 2.05) is 12.1 Å². The lowest BCUT2D eigenvalue weighted by Crippen LogP contribution is -2.25. The van der Waals surface area contributed by atoms with Crippen molar-refractivity contribution in [3.8, 4) is 5.75 Å². The highest BCUT2D eigenvalue weighted by Crippen LogP contribution is 2.27. The molecular weight excluding hydrogens is 210 g/mol. The number of ether oxygens (including phenoxy) is 1. The Morgan fingerprint density at radius 1 is 1.24 bits per heavy atom. The summed E-state index contributed by atoms with van der Waals surface area (Å²) < 4.78 is 5.30. The van der Waals surface area contributed by atoms with Gasteiger partial charge in [-0.25, -0.2) is 0 Å². The molecule has 0 saturated carbocycles. The van der Waals surface area contributed by atoms with E-state index in [4.69, 9.17) is 4.74 Å². The van der Waals surface area contributed by atoms with E-state index >= 15 is 0 Å². The third-order valence-electron chi connectivity index (χ3n) is 2.79. The van der Waals surface area contributed by atoms with Crippen LogP contribution < -0.4 is 9.64 Å². The first-order chi connectivity index (χ1) is 8.26. The van der Waals surface area contributed by atoms with Gasteiger partial charge in [-0.05, 0) is 30.5 Å². The van der Waals surface area contributed by atoms with Gasteiger partial charge in [-0.15, -0.1) is 0 Å². The average molecular weight is 233 g/mol. The van der Waals surface area contributed by atoms with Crippen LogP contribution in [0, 0.1) is 0 Å². The SMILES string of the molecule is C=Cc1ccc(OC)cc1N(CCC)CCC. The van der Waals surface area contributed by atoms with Crippen molar-refractivity contribution in [2.24, 2.45) is 0 Å². The molecule has 0 fully saturated rings. The second-order valence-electron chi connectivity index (χ2n) is 4.12. The first kappa shape index (κ1) is 13.6. The van der Waals surface area contributed by atoms with Gasteiger partial charge in [-0.3, -0.25) is 0 Å². The molecule has 1 aromatic rings. The molecule has 1 rings (SSSR count). The Balaban J connectivity index is 3.08. The highest BCUT2D eigenvalue weighted by atomic mass is 16.5. The molecule has 0 aliphatic carbocycles. The minimum atomic E-state index is 0.905. The van der Waals surface area contributed by atoms with Crippen molar-refractivity contribution in [3.63, 3.8) is 0 Å². The van der Waals surface area contributed by atoms with E-state index in [-0.39, 0.29) is 0 Å². The van der Waals surface area contributed by atoms with E-state index in [1.165, 1.54) is 11.3 Å². The zero-order valence-electron chi connectivity index (χ0n) is 11.2. The highest BCUT2D eigenvalue weighted by Gasteiger charge is 2.09. The summed E-state index contributed by atoms with van der Waals surface area (Å²) >= 11 is 0. The van der Waals surface area contributed by atoms with Crippen molar-refractivity contribution >= 4 is 11.8 Å². The number of nitrogens with zero attached hydrogens (tertiary/aromatic N) is 1. The fourth-order valence-electron chi connectivity index (χ4n) is 1.99. The molecule has 0 atom stereocenters. The van der Waals surface area contributed by atoms with Gasteiger partial charge in [0, 0.05) is 24.8 Å². The number of rotatable bonds is 7. The van der Waals surface area contributed by atoms with Gasteiger partial charge in [0.25, 0.3) is 0 Å². The summed E-state index contributed by atoms with van der Waals surface area (Å²) in [4.78, 5) is 2.40. The smallest absolute Gasteiger partial charge is 0.120 e. The van der Waals surface area contributed by atoms with Crippen LogP contribution in [-0.2, 0) is 0 Å². The lowest BCUT2D eigenvalue weighted by molar-refractivity contribution is 0.414. The second kappa shape index (κ2) is 7.00. The van der Waals surface area contributed by atoms with Crippen molar-refractivity contribution in [2.45, 2.75) is 26.7 Å². The second-order valence-corrected chi connectivity index (χ2v) is 4.12. The summed E-state index contributed by atoms with van der Waals surface area (Å²) in [5, 5.41) is 0. The normalized spacial score (nSPS) is 10.1. The van der Waals surface area contributed by atoms with Crippen molar-refractivity contribution in [2.75, 3.05) is 25.1 Å². The Morgan fingerprint density at radius 2 is 1.88 bits per heavy atom. The molecule has 0 spiro atoms. The van der Waals surface area contributed by atoms with Crippen molar-refractivity contribution in [1.29, 1.82) is 0 Å². The Morgan fingerprint density at radius 3 is 2.35 bits per heavy atom. The van der Waals surface area contributed by atoms with Gasteiger partial charge in [0.05, 0.1) is 7.11 Å². The lowest BCUT2D eigenvalue weighted by Gasteiger charge is -2.26. The molecule has 0 aromatic heterocycles. The quantitative estimate of drug-likeness (QED) is 0.706. The number of anilines is 1. The number of methoxy groups -OCH3 is 1. The van der Waals surface area contributed by atoms with Crippen LogP contribution in [0.2, 0.25) is 0 Å². The summed E-state index contributed by atoms with van der Waals surface area (Å²) in [6.07, 6.45) is 4.20. The molecule has 0 aliphatic heterocycles. The largest absolute Gasteiger partial charge is 0.497 e. The van der Waals surface area contributed by atoms with E-state index in [9.17, 15) is 0 Å². The van der Waals surface area contributed by atoms with Crippen molar-refractivity contribution in [3.05, 3.63) is 30.3 Å². The molecule has 0 bridgehead atoms. The Labute approximate surface area is 105 Å². The zero-order valence-corrected chi connectivity index (χ0v) is 11.2. The van der Waals surface area contributed by atoms with Crippen LogP contribution in [0.1, 0.15) is 32.3 Å². The molecule has 0 saturated heterocycles. The summed E-state index contributed by atoms with van der Waals surface area (Å²) in [6, 6.07) is 6.15. The van der Waals surface area contributed by atoms with E-state index < -0.39 is 0 Å². The molecule has 2 heteroatoms. The standard InChI is InChI=1S/C15H23NO/c1-5-10-16(11-6-2)15-12-14(17-4)9-8-13(15)7-3/h7-9,12H,3,5-6,10-11H2,1-2,4H3. The molecule has 1 aromatic carbocycles. The van der Waals surface area contributed by atoms with E-state index in [0.717, 1.165) is 31.7 Å². The first-order valence-electron chi connectivity index (χ1n) is 6.32. The Hall–Kier alpha value is -1.44. The van der Waals surface area contributed by atoms with Gasteiger partial charge >= 0.3 is 0 Å². The fourth-order valence-corrected chi connectivity index (χ4v) is 1.99. The number of benzene rings is 1. The maximum absolute atomic E-state index is 5.30. The van der Waals surface area contributed by atoms with Crippen LogP contribution in [0.5, 0.6) is 5.75 Å². The molecule has 0 aliphatic rings. The molecule has 0 heterocycles. The first-order valence-corrected chi connectivity index (χ1v) is 6.32. The lowest BCUT2D eigenvalue weighted by atomic mass is 10.1. The third kappa shape index (κ3) is 3.52. The topological polar surface area (TPSA) is 12.5 Å². The molecule has 17 heavy (non-hydrogen) atoms. The summed E-state index contributed by atoms with van der Waals surface area (Å²) in [5.41, 5.74) is 2.40. The van der Waals surface area contributed by atoms with Crippen molar-refractivity contribution in [1.82, 2.24) is 0 Å². The van der Waals surface area contributed by atoms with Gasteiger partial charge in [0.2, 0.25) is 0 Å². The summed E-state index contributed by atoms with van der Waals surface area (Å²) in [5.74, 6) is 0.905. The van der Waals surface area contributed by atoms with Gasteiger partial charge in [-0.1, -0.05) is 26.5 Å². The summed E-state index contributed by atoms with van der Waals surface area (Å²) in [6.45, 7) is 10.4. The summed E-state index contributed by atoms with van der Waals surface area (Å²) in [7, 11) is 1.71. The molecule has 94 valence electrons. The molecule has 2 nitrogen and oxygen atoms in total. The molecule has 0 N–H and O–H groups in total. The number of hydrogen-bond acceptors (Lipinski definition) is 2. The van der Waals surface area contributed by atoms with Crippen LogP contribution in [0.4, 0.5) is 5.69 Å². The van der Waals surface area contributed by atoms with E-state index in [1.54, 1.807) is 7.11 Å². The number of hydrogen-bond donors (Lipinski definition) is 0. The third-order valence-corrected chi connectivity index (χ3v) is 2.79. The monoisotopic (exact) mass is 233 g/mol. The predicted octanol–water partition coefficient (Wildman–Crippen LogP) is 3.96. The Bertz CT molecular complexity index is 354. The van der Waals surface area contributed by atoms with Crippen LogP contribution in [0.15, 0.2) is 24.8 Å². The van der Waals surface area contributed by atoms with Gasteiger partial charge in [-0.2, -0.15) is 0 Å². The van der Waals surface area contributed by atoms with Crippen LogP contribution in [0.25, 0.3) is 6.08 Å². The fraction of sp³-hybridized carbons (Fsp3) is 0.467. The van der Waals surface area contributed by atoms with Crippen LogP contribution in [0.3, 0.4) is 0 Å². The van der Waals surface area contributed by atoms with Gasteiger partial charge in [0.15, 0.2) is 0 Å². The van der Waals surface area contributed by atoms with Gasteiger partial charge in [0.1, 0.15) is 5.75 Å². The Kier molecular flexibility index (Phi) is 5.61. The van der Waals surface area contributed by atoms with Gasteiger partial charge < -0.3 is 9.64 Å². The zero-order chi connectivity index (χ0) is 12.7. The molecule has 0 unspecified atom stereocenters. The minimum Gasteiger partial charge on any atom is -0.497 e. The minimum absolute atomic E-state index is 0.905.